The Kier molecular flexibility index (Phi) is 6.80. The summed E-state index contributed by atoms with van der Waals surface area (Å²) in [6.07, 6.45) is -8.67. The number of benzene rings is 1. The highest BCUT2D eigenvalue weighted by molar-refractivity contribution is 8.00. The summed E-state index contributed by atoms with van der Waals surface area (Å²) in [4.78, 5) is 6.71. The van der Waals surface area contributed by atoms with E-state index >= 15 is 0 Å². The summed E-state index contributed by atoms with van der Waals surface area (Å²) in [6.45, 7) is -1.88. The van der Waals surface area contributed by atoms with Crippen LogP contribution < -0.4 is 14.2 Å². The summed E-state index contributed by atoms with van der Waals surface area (Å²) in [5, 5.41) is 0. The smallest absolute Gasteiger partial charge is 0.422 e. The van der Waals surface area contributed by atoms with E-state index < -0.39 is 43.1 Å². The Morgan fingerprint density at radius 1 is 0.964 bits per heavy atom. The molecule has 0 unspecified atom stereocenters. The highest BCUT2D eigenvalue weighted by atomic mass is 32.2. The van der Waals surface area contributed by atoms with E-state index in [0.717, 1.165) is 6.07 Å². The van der Waals surface area contributed by atoms with Crippen molar-refractivity contribution in [3.05, 3.63) is 35.9 Å². The highest BCUT2D eigenvalue weighted by Crippen LogP contribution is 2.37. The maximum Gasteiger partial charge on any atom is 0.422 e. The van der Waals surface area contributed by atoms with Gasteiger partial charge in [0.2, 0.25) is 11.8 Å². The van der Waals surface area contributed by atoms with Gasteiger partial charge in [-0.3, -0.25) is 0 Å². The first kappa shape index (κ1) is 21.9. The van der Waals surface area contributed by atoms with E-state index in [1.54, 1.807) is 6.92 Å². The van der Waals surface area contributed by atoms with Crippen LogP contribution >= 0.6 is 11.9 Å². The van der Waals surface area contributed by atoms with E-state index in [-0.39, 0.29) is 4.90 Å². The van der Waals surface area contributed by atoms with Crippen molar-refractivity contribution < 1.29 is 40.2 Å². The average Bonchev–Trinajstić information content (AvgIpc) is 2.56. The van der Waals surface area contributed by atoms with Crippen LogP contribution in [0.2, 0.25) is 0 Å². The van der Waals surface area contributed by atoms with E-state index in [4.69, 9.17) is 0 Å². The van der Waals surface area contributed by atoms with Crippen LogP contribution in [0, 0.1) is 12.7 Å². The molecule has 0 aliphatic rings. The zero-order chi connectivity index (χ0) is 20.9. The molecule has 0 amide bonds. The van der Waals surface area contributed by atoms with Crippen LogP contribution in [0.25, 0.3) is 0 Å². The predicted molar refractivity (Wildman–Crippen MR) is 85.7 cm³/mol. The lowest BCUT2D eigenvalue weighted by molar-refractivity contribution is -0.155. The lowest BCUT2D eigenvalue weighted by Crippen LogP contribution is -2.21. The second-order valence-corrected chi connectivity index (χ2v) is 6.10. The number of hydrogen-bond donors (Lipinski definition) is 1. The molecule has 2 rings (SSSR count). The molecule has 1 aromatic heterocycles. The molecule has 2 aromatic rings. The molecular weight excluding hydrogens is 419 g/mol. The molecule has 0 bridgehead atoms. The monoisotopic (exact) mass is 431 g/mol. The number of aromatic nitrogens is 2. The Morgan fingerprint density at radius 2 is 1.50 bits per heavy atom. The van der Waals surface area contributed by atoms with Gasteiger partial charge in [-0.15, -0.1) is 0 Å². The quantitative estimate of drug-likeness (QED) is 0.496. The van der Waals surface area contributed by atoms with Crippen LogP contribution in [0.5, 0.6) is 11.8 Å². The summed E-state index contributed by atoms with van der Waals surface area (Å²) in [5.74, 6) is -1.76. The molecule has 1 N–H and O–H groups in total. The number of hydrogen-bond acceptors (Lipinski definition) is 6. The minimum absolute atomic E-state index is 0.334. The van der Waals surface area contributed by atoms with Crippen molar-refractivity contribution in [1.82, 2.24) is 9.97 Å². The predicted octanol–water partition coefficient (Wildman–Crippen LogP) is 4.93. The Bertz CT molecular complexity index is 779. The van der Waals surface area contributed by atoms with Gasteiger partial charge < -0.3 is 14.2 Å². The van der Waals surface area contributed by atoms with Gasteiger partial charge >= 0.3 is 12.4 Å². The number of aryl methyl sites for hydroxylation is 1. The molecule has 0 saturated heterocycles. The van der Waals surface area contributed by atoms with Crippen molar-refractivity contribution >= 4 is 17.6 Å². The van der Waals surface area contributed by atoms with Crippen molar-refractivity contribution in [1.29, 1.82) is 0 Å². The number of halogens is 7. The third-order valence-corrected chi connectivity index (χ3v) is 3.81. The third-order valence-electron chi connectivity index (χ3n) is 2.94. The number of nitrogens with zero attached hydrogens (tertiary/aromatic N) is 2. The molecular formula is C15H12F7N3O2S. The molecule has 0 saturated carbocycles. The zero-order valence-electron chi connectivity index (χ0n) is 14.0. The van der Waals surface area contributed by atoms with Crippen LogP contribution in [-0.2, 0) is 0 Å². The molecule has 0 atom stereocenters. The first-order chi connectivity index (χ1) is 12.9. The highest BCUT2D eigenvalue weighted by Gasteiger charge is 2.32. The summed E-state index contributed by atoms with van der Waals surface area (Å²) in [7, 11) is 0. The Labute approximate surface area is 158 Å². The van der Waals surface area contributed by atoms with Gasteiger partial charge in [-0.05, 0) is 42.6 Å². The van der Waals surface area contributed by atoms with Gasteiger partial charge in [0.15, 0.2) is 18.1 Å². The molecule has 0 spiro atoms. The van der Waals surface area contributed by atoms with E-state index in [1.807, 2.05) is 0 Å². The standard InChI is InChI=1S/C15H12F7N3O2S/c1-8-4-9(16)2-3-10(8)25-28-11-12(26-5-14(17,18)19)23-7-24-13(11)27-6-15(20,21)22/h2-4,7,25H,5-6H2,1H3. The second kappa shape index (κ2) is 8.71. The van der Waals surface area contributed by atoms with Gasteiger partial charge in [0.05, 0.1) is 0 Å². The fourth-order valence-electron chi connectivity index (χ4n) is 1.78. The van der Waals surface area contributed by atoms with Crippen molar-refractivity contribution in [2.45, 2.75) is 24.2 Å². The van der Waals surface area contributed by atoms with Crippen molar-refractivity contribution in [2.75, 3.05) is 17.9 Å². The number of nitrogens with one attached hydrogen (secondary N) is 1. The van der Waals surface area contributed by atoms with Gasteiger partial charge in [0.1, 0.15) is 12.1 Å². The van der Waals surface area contributed by atoms with Crippen molar-refractivity contribution in [3.63, 3.8) is 0 Å². The Hall–Kier alpha value is -2.44. The molecule has 28 heavy (non-hydrogen) atoms. The molecule has 0 aliphatic heterocycles. The van der Waals surface area contributed by atoms with Crippen LogP contribution in [0.3, 0.4) is 0 Å². The summed E-state index contributed by atoms with van der Waals surface area (Å²) in [6, 6.07) is 3.65. The summed E-state index contributed by atoms with van der Waals surface area (Å²) in [5.41, 5.74) is 0.804. The van der Waals surface area contributed by atoms with Crippen LogP contribution in [0.4, 0.5) is 36.4 Å². The van der Waals surface area contributed by atoms with Crippen LogP contribution in [0.15, 0.2) is 29.4 Å². The fraction of sp³-hybridized carbons (Fsp3) is 0.333. The SMILES string of the molecule is Cc1cc(F)ccc1NSc1c(OCC(F)(F)F)ncnc1OCC(F)(F)F. The molecule has 154 valence electrons. The van der Waals surface area contributed by atoms with Crippen molar-refractivity contribution in [3.8, 4) is 11.8 Å². The topological polar surface area (TPSA) is 56.3 Å². The average molecular weight is 431 g/mol. The minimum Gasteiger partial charge on any atom is -0.467 e. The largest absolute Gasteiger partial charge is 0.467 e. The molecule has 5 nitrogen and oxygen atoms in total. The van der Waals surface area contributed by atoms with Gasteiger partial charge in [-0.1, -0.05) is 0 Å². The molecule has 1 heterocycles. The maximum atomic E-state index is 13.2. The number of alkyl halides is 6. The number of ether oxygens (including phenoxy) is 2. The first-order valence-corrected chi connectivity index (χ1v) is 8.19. The van der Waals surface area contributed by atoms with E-state index in [2.05, 4.69) is 24.2 Å². The Morgan fingerprint density at radius 3 is 1.96 bits per heavy atom. The maximum absolute atomic E-state index is 13.2. The van der Waals surface area contributed by atoms with Crippen LogP contribution in [0.1, 0.15) is 5.56 Å². The lowest BCUT2D eigenvalue weighted by atomic mass is 10.2. The molecule has 13 heteroatoms. The van der Waals surface area contributed by atoms with Gasteiger partial charge in [-0.2, -0.15) is 26.3 Å². The van der Waals surface area contributed by atoms with E-state index in [0.29, 0.717) is 29.5 Å². The second-order valence-electron chi connectivity index (χ2n) is 5.28. The van der Waals surface area contributed by atoms with Gasteiger partial charge in [-0.25, -0.2) is 14.4 Å². The first-order valence-electron chi connectivity index (χ1n) is 7.38. The summed E-state index contributed by atoms with van der Waals surface area (Å²) < 4.78 is 99.4. The van der Waals surface area contributed by atoms with E-state index in [1.165, 1.54) is 12.1 Å². The molecule has 0 aliphatic carbocycles. The summed E-state index contributed by atoms with van der Waals surface area (Å²) >= 11 is 0.566. The fourth-order valence-corrected chi connectivity index (χ4v) is 2.62. The van der Waals surface area contributed by atoms with E-state index in [9.17, 15) is 30.7 Å². The number of anilines is 1. The Balaban J connectivity index is 2.27. The van der Waals surface area contributed by atoms with Gasteiger partial charge in [0, 0.05) is 5.69 Å². The molecule has 0 radical (unpaired) electrons. The zero-order valence-corrected chi connectivity index (χ0v) is 14.8. The molecule has 1 aromatic carbocycles. The van der Waals surface area contributed by atoms with Gasteiger partial charge in [0.25, 0.3) is 0 Å². The minimum atomic E-state index is -4.69. The van der Waals surface area contributed by atoms with Crippen molar-refractivity contribution in [2.24, 2.45) is 0 Å². The normalized spacial score (nSPS) is 12.0. The van der Waals surface area contributed by atoms with Crippen LogP contribution in [-0.4, -0.2) is 35.5 Å². The molecule has 0 fully saturated rings. The third kappa shape index (κ3) is 6.94. The lowest BCUT2D eigenvalue weighted by Gasteiger charge is -2.16. The number of rotatable bonds is 7.